The number of nitrogens with zero attached hydrogens (tertiary/aromatic N) is 13. The molecule has 3 aliphatic heterocycles. The van der Waals surface area contributed by atoms with Crippen LogP contribution in [0.1, 0.15) is 111 Å². The lowest BCUT2D eigenvalue weighted by Gasteiger charge is -2.30. The number of hydrogen-bond donors (Lipinski definition) is 1. The standard InChI is InChI=1S/2C28H27N5O2.C21H22N4O2/c1-35-25-8-5-20(6-9-25)19-33-26-10-7-24(16-22(26)18-30-33)32-14-11-21-15-23(17-29-27(21)32)28(34)31-12-3-2-4-13-31;1-35-25-8-5-20(6-9-25)18-32-19-23-16-24(7-10-26(23)30-32)33-14-11-21-15-22(17-29-27(21)33)28(34)31-12-3-2-4-13-31;1-14-6-9-24(10-7-14)21(27)17-12-16-8-11-25(20(16)23-13-17)18-4-2-15(3-5-18)19(22)26/h5-11,14-18H,2-4,12-13,19H2,1H3;5-11,14-17,19H,2-4,12-13,18H2,1H3;2-5,8,11-14H,6-7,9-10H2,1H3,(H2,22,26). The van der Waals surface area contributed by atoms with Gasteiger partial charge in [0.05, 0.1) is 61.2 Å². The lowest BCUT2D eigenvalue weighted by Crippen LogP contribution is -2.37. The van der Waals surface area contributed by atoms with Crippen LogP contribution < -0.4 is 15.2 Å². The molecule has 0 unspecified atom stereocenters. The maximum atomic E-state index is 12.9. The zero-order chi connectivity index (χ0) is 66.5. The van der Waals surface area contributed by atoms with E-state index in [2.05, 4.69) is 96.9 Å². The number of ether oxygens (including phenoxy) is 2. The number of aromatic nitrogens is 10. The molecule has 2 N–H and O–H groups in total. The monoisotopic (exact) mass is 1290 g/mol. The number of carbonyl (C=O) groups is 4. The van der Waals surface area contributed by atoms with Crippen LogP contribution in [0.25, 0.3) is 72.0 Å². The van der Waals surface area contributed by atoms with Crippen molar-refractivity contribution in [1.82, 2.24) is 62.9 Å². The molecule has 13 aromatic rings. The number of hydrogen-bond acceptors (Lipinski definition) is 11. The topological polar surface area (TPSA) is 212 Å². The predicted octanol–water partition coefficient (Wildman–Crippen LogP) is 13.1. The van der Waals surface area contributed by atoms with Crippen LogP contribution >= 0.6 is 0 Å². The van der Waals surface area contributed by atoms with Crippen LogP contribution in [-0.4, -0.2) is 140 Å². The average Bonchev–Trinajstić information content (AvgIpc) is 1.68. The summed E-state index contributed by atoms with van der Waals surface area (Å²) in [5.74, 6) is 2.14. The van der Waals surface area contributed by atoms with Gasteiger partial charge in [-0.1, -0.05) is 31.2 Å². The first-order valence-electron chi connectivity index (χ1n) is 33.3. The molecule has 0 atom stereocenters. The highest BCUT2D eigenvalue weighted by Gasteiger charge is 2.24. The van der Waals surface area contributed by atoms with Gasteiger partial charge in [-0.15, -0.1) is 0 Å². The first-order valence-corrected chi connectivity index (χ1v) is 33.3. The zero-order valence-electron chi connectivity index (χ0n) is 54.7. The molecule has 3 saturated heterocycles. The Bertz CT molecular complexity index is 4890. The number of primary amides is 1. The van der Waals surface area contributed by atoms with Crippen LogP contribution in [0.15, 0.2) is 195 Å². The van der Waals surface area contributed by atoms with Crippen LogP contribution in [0.3, 0.4) is 0 Å². The van der Waals surface area contributed by atoms with Crippen LogP contribution in [0.5, 0.6) is 11.5 Å². The van der Waals surface area contributed by atoms with Gasteiger partial charge in [0, 0.05) is 132 Å². The second-order valence-electron chi connectivity index (χ2n) is 25.4. The third-order valence-corrected chi connectivity index (χ3v) is 18.8. The normalized spacial score (nSPS) is 14.4. The molecule has 0 aliphatic carbocycles. The molecule has 0 saturated carbocycles. The Balaban J connectivity index is 0.000000126. The van der Waals surface area contributed by atoms with E-state index in [-0.39, 0.29) is 17.7 Å². The van der Waals surface area contributed by atoms with Crippen molar-refractivity contribution in [3.05, 3.63) is 229 Å². The van der Waals surface area contributed by atoms with Gasteiger partial charge >= 0.3 is 0 Å². The minimum atomic E-state index is -0.452. The quantitative estimate of drug-likeness (QED) is 0.115. The smallest absolute Gasteiger partial charge is 0.255 e. The molecule has 20 nitrogen and oxygen atoms in total. The van der Waals surface area contributed by atoms with Crippen molar-refractivity contribution in [2.45, 2.75) is 71.4 Å². The second kappa shape index (κ2) is 27.9. The van der Waals surface area contributed by atoms with Crippen LogP contribution in [-0.2, 0) is 13.1 Å². The summed E-state index contributed by atoms with van der Waals surface area (Å²) in [6.45, 7) is 8.58. The lowest BCUT2D eigenvalue weighted by atomic mass is 9.99. The summed E-state index contributed by atoms with van der Waals surface area (Å²) < 4.78 is 20.5. The third kappa shape index (κ3) is 13.7. The van der Waals surface area contributed by atoms with Crippen molar-refractivity contribution >= 4 is 78.5 Å². The van der Waals surface area contributed by atoms with Gasteiger partial charge in [-0.2, -0.15) is 10.2 Å². The Morgan fingerprint density at radius 1 is 0.454 bits per heavy atom. The molecule has 0 bridgehead atoms. The Kier molecular flexibility index (Phi) is 18.1. The second-order valence-corrected chi connectivity index (χ2v) is 25.4. The van der Waals surface area contributed by atoms with E-state index in [4.69, 9.17) is 20.3 Å². The maximum Gasteiger partial charge on any atom is 0.255 e. The number of methoxy groups -OCH3 is 2. The van der Waals surface area contributed by atoms with Gasteiger partial charge in [0.15, 0.2) is 0 Å². The number of pyridine rings is 3. The molecular formula is C77H76N14O6. The minimum absolute atomic E-state index is 0.0508. The molecular weight excluding hydrogens is 1220 g/mol. The number of benzene rings is 5. The summed E-state index contributed by atoms with van der Waals surface area (Å²) in [6, 6.07) is 47.5. The number of carbonyl (C=O) groups excluding carboxylic acids is 4. The fourth-order valence-corrected chi connectivity index (χ4v) is 13.3. The Hall–Kier alpha value is -11.4. The van der Waals surface area contributed by atoms with Crippen molar-refractivity contribution < 1.29 is 28.7 Å². The number of rotatable bonds is 13. The largest absolute Gasteiger partial charge is 0.497 e. The van der Waals surface area contributed by atoms with Gasteiger partial charge in [-0.25, -0.2) is 15.0 Å². The van der Waals surface area contributed by atoms with Gasteiger partial charge in [-0.05, 0) is 190 Å². The van der Waals surface area contributed by atoms with Crippen LogP contribution in [0, 0.1) is 5.92 Å². The highest BCUT2D eigenvalue weighted by atomic mass is 16.5. The predicted molar refractivity (Wildman–Crippen MR) is 376 cm³/mol. The van der Waals surface area contributed by atoms with Crippen molar-refractivity contribution in [3.8, 4) is 28.6 Å². The molecule has 11 heterocycles. The molecule has 5 aromatic carbocycles. The van der Waals surface area contributed by atoms with Gasteiger partial charge < -0.3 is 43.6 Å². The van der Waals surface area contributed by atoms with Crippen molar-refractivity contribution in [3.63, 3.8) is 0 Å². The van der Waals surface area contributed by atoms with Crippen molar-refractivity contribution in [2.75, 3.05) is 53.5 Å². The molecule has 490 valence electrons. The zero-order valence-corrected chi connectivity index (χ0v) is 54.7. The van der Waals surface area contributed by atoms with Gasteiger partial charge in [-0.3, -0.25) is 28.5 Å². The lowest BCUT2D eigenvalue weighted by molar-refractivity contribution is 0.0694. The summed E-state index contributed by atoms with van der Waals surface area (Å²) in [4.78, 5) is 69.5. The Labute approximate surface area is 561 Å². The summed E-state index contributed by atoms with van der Waals surface area (Å²) in [7, 11) is 3.34. The van der Waals surface area contributed by atoms with E-state index >= 15 is 0 Å². The number of piperidine rings is 3. The summed E-state index contributed by atoms with van der Waals surface area (Å²) in [6.07, 6.45) is 23.8. The van der Waals surface area contributed by atoms with Crippen molar-refractivity contribution in [2.24, 2.45) is 11.7 Å². The number of amides is 4. The van der Waals surface area contributed by atoms with E-state index in [0.29, 0.717) is 41.3 Å². The fourth-order valence-electron chi connectivity index (χ4n) is 13.3. The fraction of sp³-hybridized carbons (Fsp3) is 0.260. The summed E-state index contributed by atoms with van der Waals surface area (Å²) >= 11 is 0. The number of nitrogens with two attached hydrogens (primary N) is 1. The SMILES string of the molecule is CC1CCN(C(=O)c2cnc3c(ccn3-c3ccc(C(N)=O)cc3)c2)CC1.COc1ccc(Cn2cc3cc(-n4ccc5cc(C(=O)N6CCCCC6)cnc54)ccc3n2)cc1.COc1ccc(Cn2ncc3cc(-n4ccc5cc(C(=O)N6CCCCC6)cnc54)ccc32)cc1. The van der Waals surface area contributed by atoms with Gasteiger partial charge in [0.25, 0.3) is 17.7 Å². The van der Waals surface area contributed by atoms with E-state index in [1.807, 2.05) is 132 Å². The van der Waals surface area contributed by atoms with E-state index in [9.17, 15) is 19.2 Å². The molecule has 20 heteroatoms. The molecule has 3 fully saturated rings. The number of likely N-dealkylation sites (tertiary alicyclic amines) is 3. The molecule has 0 radical (unpaired) electrons. The van der Waals surface area contributed by atoms with E-state index < -0.39 is 5.91 Å². The highest BCUT2D eigenvalue weighted by molar-refractivity contribution is 5.99. The van der Waals surface area contributed by atoms with Gasteiger partial charge in [0.1, 0.15) is 28.4 Å². The Morgan fingerprint density at radius 3 is 1.38 bits per heavy atom. The molecule has 97 heavy (non-hydrogen) atoms. The average molecular weight is 1290 g/mol. The summed E-state index contributed by atoms with van der Waals surface area (Å²) in [5.41, 5.74) is 17.4. The molecule has 16 rings (SSSR count). The number of fused-ring (bicyclic) bond motifs is 5. The van der Waals surface area contributed by atoms with E-state index in [1.165, 1.54) is 12.8 Å². The van der Waals surface area contributed by atoms with E-state index in [1.54, 1.807) is 44.9 Å². The van der Waals surface area contributed by atoms with E-state index in [0.717, 1.165) is 172 Å². The Morgan fingerprint density at radius 2 is 0.897 bits per heavy atom. The first-order chi connectivity index (χ1) is 47.4. The first kappa shape index (κ1) is 63.0. The maximum absolute atomic E-state index is 12.9. The minimum Gasteiger partial charge on any atom is -0.497 e. The van der Waals surface area contributed by atoms with Crippen molar-refractivity contribution in [1.29, 1.82) is 0 Å². The highest BCUT2D eigenvalue weighted by Crippen LogP contribution is 2.29. The third-order valence-electron chi connectivity index (χ3n) is 18.8. The molecule has 3 aliphatic rings. The van der Waals surface area contributed by atoms with Crippen LogP contribution in [0.2, 0.25) is 0 Å². The molecule has 4 amide bonds. The molecule has 0 spiro atoms. The van der Waals surface area contributed by atoms with Gasteiger partial charge in [0.2, 0.25) is 5.91 Å². The van der Waals surface area contributed by atoms with Crippen LogP contribution in [0.4, 0.5) is 0 Å². The molecule has 8 aromatic heterocycles. The summed E-state index contributed by atoms with van der Waals surface area (Å²) in [5, 5.41) is 14.3.